The van der Waals surface area contributed by atoms with Gasteiger partial charge in [-0.05, 0) is 19.9 Å². The highest BCUT2D eigenvalue weighted by molar-refractivity contribution is 5.87. The maximum absolute atomic E-state index is 10.6. The lowest BCUT2D eigenvalue weighted by Crippen LogP contribution is -2.22. The highest BCUT2D eigenvalue weighted by atomic mass is 16.5. The summed E-state index contributed by atoms with van der Waals surface area (Å²) >= 11 is 0. The molecule has 4 heteroatoms. The van der Waals surface area contributed by atoms with Crippen LogP contribution in [-0.4, -0.2) is 25.4 Å². The third-order valence-corrected chi connectivity index (χ3v) is 1.16. The fraction of sp³-hybridized carbons (Fsp3) is 0.500. The van der Waals surface area contributed by atoms with E-state index in [4.69, 9.17) is 0 Å². The number of hydrogen-bond acceptors (Lipinski definition) is 4. The van der Waals surface area contributed by atoms with E-state index in [0.29, 0.717) is 5.70 Å². The summed E-state index contributed by atoms with van der Waals surface area (Å²) in [4.78, 5) is 21.1. The van der Waals surface area contributed by atoms with Crippen molar-refractivity contribution >= 4 is 11.8 Å². The summed E-state index contributed by atoms with van der Waals surface area (Å²) in [5.74, 6) is -0.406. The zero-order valence-electron chi connectivity index (χ0n) is 7.51. The van der Waals surface area contributed by atoms with E-state index in [-0.39, 0.29) is 18.3 Å². The average molecular weight is 171 g/mol. The van der Waals surface area contributed by atoms with E-state index >= 15 is 0 Å². The summed E-state index contributed by atoms with van der Waals surface area (Å²) < 4.78 is 4.39. The number of ketones is 1. The van der Waals surface area contributed by atoms with Crippen LogP contribution in [0.15, 0.2) is 11.8 Å². The molecule has 0 unspecified atom stereocenters. The molecule has 68 valence electrons. The lowest BCUT2D eigenvalue weighted by atomic mass is 10.3. The second-order valence-electron chi connectivity index (χ2n) is 2.37. The van der Waals surface area contributed by atoms with Gasteiger partial charge in [-0.25, -0.2) is 0 Å². The van der Waals surface area contributed by atoms with E-state index in [1.54, 1.807) is 6.92 Å². The molecule has 0 aromatic carbocycles. The lowest BCUT2D eigenvalue weighted by molar-refractivity contribution is -0.139. The average Bonchev–Trinajstić information content (AvgIpc) is 1.99. The molecule has 0 aliphatic carbocycles. The highest BCUT2D eigenvalue weighted by Crippen LogP contribution is 1.86. The molecule has 0 spiro atoms. The van der Waals surface area contributed by atoms with Crippen molar-refractivity contribution in [1.29, 1.82) is 0 Å². The minimum Gasteiger partial charge on any atom is -0.468 e. The van der Waals surface area contributed by atoms with Crippen molar-refractivity contribution in [3.63, 3.8) is 0 Å². The fourth-order valence-electron chi connectivity index (χ4n) is 0.640. The molecule has 0 aromatic heterocycles. The van der Waals surface area contributed by atoms with Gasteiger partial charge >= 0.3 is 5.97 Å². The van der Waals surface area contributed by atoms with Gasteiger partial charge in [-0.15, -0.1) is 0 Å². The van der Waals surface area contributed by atoms with E-state index in [2.05, 4.69) is 10.1 Å². The fourth-order valence-corrected chi connectivity index (χ4v) is 0.640. The minimum absolute atomic E-state index is 0.0511. The molecule has 0 fully saturated rings. The van der Waals surface area contributed by atoms with Gasteiger partial charge in [0.1, 0.15) is 6.54 Å². The molecule has 0 saturated heterocycles. The summed E-state index contributed by atoms with van der Waals surface area (Å²) in [5, 5.41) is 2.73. The Bertz CT molecular complexity index is 208. The first-order chi connectivity index (χ1) is 5.56. The Kier molecular flexibility index (Phi) is 4.76. The first kappa shape index (κ1) is 10.7. The van der Waals surface area contributed by atoms with Crippen LogP contribution >= 0.6 is 0 Å². The molecule has 0 aliphatic heterocycles. The topological polar surface area (TPSA) is 55.4 Å². The Balaban J connectivity index is 3.78. The number of allylic oxidation sites excluding steroid dienone is 2. The number of carbonyl (C=O) groups is 2. The molecular weight excluding hydrogens is 158 g/mol. The van der Waals surface area contributed by atoms with Crippen LogP contribution in [0.2, 0.25) is 0 Å². The first-order valence-electron chi connectivity index (χ1n) is 3.56. The van der Waals surface area contributed by atoms with Crippen molar-refractivity contribution in [2.75, 3.05) is 13.7 Å². The molecule has 0 amide bonds. The zero-order chi connectivity index (χ0) is 9.56. The number of rotatable bonds is 4. The van der Waals surface area contributed by atoms with Crippen molar-refractivity contribution in [3.8, 4) is 0 Å². The number of ether oxygens (including phenoxy) is 1. The van der Waals surface area contributed by atoms with Crippen LogP contribution in [-0.2, 0) is 14.3 Å². The van der Waals surface area contributed by atoms with Crippen molar-refractivity contribution in [1.82, 2.24) is 5.32 Å². The Morgan fingerprint density at radius 2 is 2.00 bits per heavy atom. The van der Waals surface area contributed by atoms with Crippen molar-refractivity contribution in [3.05, 3.63) is 11.8 Å². The Morgan fingerprint density at radius 1 is 1.42 bits per heavy atom. The first-order valence-corrected chi connectivity index (χ1v) is 3.56. The van der Waals surface area contributed by atoms with Gasteiger partial charge in [0.15, 0.2) is 5.78 Å². The quantitative estimate of drug-likeness (QED) is 0.486. The summed E-state index contributed by atoms with van der Waals surface area (Å²) in [6.45, 7) is 3.25. The summed E-state index contributed by atoms with van der Waals surface area (Å²) in [6.07, 6.45) is 1.42. The SMILES string of the molecule is COC(=O)CN/C(C)=C\C(C)=O. The number of esters is 1. The maximum atomic E-state index is 10.6. The summed E-state index contributed by atoms with van der Waals surface area (Å²) in [6, 6.07) is 0. The molecule has 1 N–H and O–H groups in total. The van der Waals surface area contributed by atoms with Gasteiger partial charge in [-0.3, -0.25) is 9.59 Å². The van der Waals surface area contributed by atoms with Gasteiger partial charge in [0.25, 0.3) is 0 Å². The number of carbonyl (C=O) groups excluding carboxylic acids is 2. The van der Waals surface area contributed by atoms with Crippen LogP contribution < -0.4 is 5.32 Å². The van der Waals surface area contributed by atoms with Crippen LogP contribution in [0, 0.1) is 0 Å². The van der Waals surface area contributed by atoms with E-state index < -0.39 is 0 Å². The number of nitrogens with one attached hydrogen (secondary N) is 1. The molecule has 0 atom stereocenters. The van der Waals surface area contributed by atoms with E-state index in [0.717, 1.165) is 0 Å². The number of methoxy groups -OCH3 is 1. The molecule has 4 nitrogen and oxygen atoms in total. The van der Waals surface area contributed by atoms with Crippen molar-refractivity contribution < 1.29 is 14.3 Å². The largest absolute Gasteiger partial charge is 0.468 e. The Hall–Kier alpha value is -1.32. The molecule has 0 aromatic rings. The molecule has 0 radical (unpaired) electrons. The van der Waals surface area contributed by atoms with Crippen molar-refractivity contribution in [2.45, 2.75) is 13.8 Å². The van der Waals surface area contributed by atoms with Crippen LogP contribution in [0.3, 0.4) is 0 Å². The highest BCUT2D eigenvalue weighted by Gasteiger charge is 1.98. The van der Waals surface area contributed by atoms with Gasteiger partial charge in [0.2, 0.25) is 0 Å². The van der Waals surface area contributed by atoms with Crippen LogP contribution in [0.4, 0.5) is 0 Å². The third kappa shape index (κ3) is 5.46. The predicted octanol–water partition coefficient (Wildman–Crippen LogP) is 0.242. The summed E-state index contributed by atoms with van der Waals surface area (Å²) in [7, 11) is 1.31. The predicted molar refractivity (Wildman–Crippen MR) is 44.5 cm³/mol. The Labute approximate surface area is 71.6 Å². The maximum Gasteiger partial charge on any atom is 0.325 e. The van der Waals surface area contributed by atoms with Gasteiger partial charge in [0, 0.05) is 5.70 Å². The molecule has 0 rings (SSSR count). The minimum atomic E-state index is -0.355. The van der Waals surface area contributed by atoms with Gasteiger partial charge in [-0.2, -0.15) is 0 Å². The second kappa shape index (κ2) is 5.35. The smallest absolute Gasteiger partial charge is 0.325 e. The van der Waals surface area contributed by atoms with Crippen LogP contribution in [0.25, 0.3) is 0 Å². The number of hydrogen-bond donors (Lipinski definition) is 1. The molecule has 0 saturated carbocycles. The second-order valence-corrected chi connectivity index (χ2v) is 2.37. The molecule has 12 heavy (non-hydrogen) atoms. The Morgan fingerprint density at radius 3 is 2.42 bits per heavy atom. The van der Waals surface area contributed by atoms with Crippen LogP contribution in [0.1, 0.15) is 13.8 Å². The van der Waals surface area contributed by atoms with Gasteiger partial charge < -0.3 is 10.1 Å². The van der Waals surface area contributed by atoms with E-state index in [1.165, 1.54) is 20.1 Å². The molecular formula is C8H13NO3. The monoisotopic (exact) mass is 171 g/mol. The normalized spacial score (nSPS) is 10.8. The van der Waals surface area contributed by atoms with E-state index in [9.17, 15) is 9.59 Å². The standard InChI is InChI=1S/C8H13NO3/c1-6(4-7(2)10)9-5-8(11)12-3/h4,9H,5H2,1-3H3/b6-4-. The van der Waals surface area contributed by atoms with Gasteiger partial charge in [-0.1, -0.05) is 0 Å². The van der Waals surface area contributed by atoms with Gasteiger partial charge in [0.05, 0.1) is 7.11 Å². The third-order valence-electron chi connectivity index (χ3n) is 1.16. The zero-order valence-corrected chi connectivity index (χ0v) is 7.51. The summed E-state index contributed by atoms with van der Waals surface area (Å²) in [5.41, 5.74) is 0.660. The van der Waals surface area contributed by atoms with E-state index in [1.807, 2.05) is 0 Å². The van der Waals surface area contributed by atoms with Crippen molar-refractivity contribution in [2.24, 2.45) is 0 Å². The lowest BCUT2D eigenvalue weighted by Gasteiger charge is -2.03. The molecule has 0 heterocycles. The van der Waals surface area contributed by atoms with Crippen LogP contribution in [0.5, 0.6) is 0 Å². The molecule has 0 bridgehead atoms. The molecule has 0 aliphatic rings.